The number of hydrogen-bond donors (Lipinski definition) is 2. The Morgan fingerprint density at radius 3 is 2.64 bits per heavy atom. The second kappa shape index (κ2) is 3.91. The van der Waals surface area contributed by atoms with Gasteiger partial charge in [-0.2, -0.15) is 0 Å². The Hall–Kier alpha value is -1.84. The van der Waals surface area contributed by atoms with E-state index < -0.39 is 11.9 Å². The van der Waals surface area contributed by atoms with E-state index in [2.05, 4.69) is 0 Å². The highest BCUT2D eigenvalue weighted by molar-refractivity contribution is 5.85. The molecular weight excluding hydrogens is 184 g/mol. The third kappa shape index (κ3) is 1.74. The van der Waals surface area contributed by atoms with Gasteiger partial charge in [0.2, 0.25) is 0 Å². The molecule has 0 radical (unpaired) electrons. The lowest BCUT2D eigenvalue weighted by atomic mass is 9.95. The largest absolute Gasteiger partial charge is 0.508 e. The molecule has 0 bridgehead atoms. The minimum atomic E-state index is -1.07. The predicted octanol–water partition coefficient (Wildman–Crippen LogP) is 1.39. The Morgan fingerprint density at radius 2 is 2.14 bits per heavy atom. The summed E-state index contributed by atoms with van der Waals surface area (Å²) in [5.74, 6) is -2.13. The third-order valence-corrected chi connectivity index (χ3v) is 2.05. The maximum absolute atomic E-state index is 10.7. The maximum Gasteiger partial charge on any atom is 0.310 e. The molecule has 0 saturated heterocycles. The molecule has 0 fully saturated rings. The van der Waals surface area contributed by atoms with Gasteiger partial charge in [0.25, 0.3) is 0 Å². The summed E-state index contributed by atoms with van der Waals surface area (Å²) in [5, 5.41) is 18.2. The highest BCUT2D eigenvalue weighted by Gasteiger charge is 2.20. The molecule has 1 rings (SSSR count). The number of hydrogen-bond acceptors (Lipinski definition) is 3. The highest BCUT2D eigenvalue weighted by Crippen LogP contribution is 2.28. The normalized spacial score (nSPS) is 12.1. The summed E-state index contributed by atoms with van der Waals surface area (Å²) in [6.45, 7) is 1.42. The summed E-state index contributed by atoms with van der Waals surface area (Å²) in [6, 6.07) is 4.33. The molecule has 1 aromatic rings. The molecule has 0 aliphatic rings. The molecule has 1 aromatic carbocycles. The monoisotopic (exact) mass is 194 g/mol. The molecule has 0 aliphatic heterocycles. The Bertz CT molecular complexity index is 370. The fourth-order valence-electron chi connectivity index (χ4n) is 1.27. The van der Waals surface area contributed by atoms with Crippen LogP contribution in [0.4, 0.5) is 0 Å². The smallest absolute Gasteiger partial charge is 0.310 e. The fraction of sp³-hybridized carbons (Fsp3) is 0.200. The minimum Gasteiger partial charge on any atom is -0.508 e. The van der Waals surface area contributed by atoms with Crippen molar-refractivity contribution in [3.8, 4) is 5.75 Å². The Labute approximate surface area is 80.8 Å². The molecule has 14 heavy (non-hydrogen) atoms. The van der Waals surface area contributed by atoms with E-state index in [1.54, 1.807) is 0 Å². The zero-order valence-electron chi connectivity index (χ0n) is 7.60. The summed E-state index contributed by atoms with van der Waals surface area (Å²) in [4.78, 5) is 21.3. The number of carbonyl (C=O) groups excluding carboxylic acids is 1. The summed E-state index contributed by atoms with van der Waals surface area (Å²) >= 11 is 0. The van der Waals surface area contributed by atoms with E-state index in [9.17, 15) is 14.7 Å². The van der Waals surface area contributed by atoms with Crippen LogP contribution in [0.1, 0.15) is 28.8 Å². The number of phenolic OH excluding ortho intramolecular Hbond substituents is 1. The molecule has 74 valence electrons. The summed E-state index contributed by atoms with van der Waals surface area (Å²) in [5.41, 5.74) is 0.370. The predicted molar refractivity (Wildman–Crippen MR) is 49.5 cm³/mol. The number of aldehydes is 1. The first-order valence-corrected chi connectivity index (χ1v) is 4.07. The maximum atomic E-state index is 10.7. The molecule has 1 unspecified atom stereocenters. The van der Waals surface area contributed by atoms with Crippen LogP contribution in [0, 0.1) is 0 Å². The van der Waals surface area contributed by atoms with Gasteiger partial charge >= 0.3 is 5.97 Å². The molecule has 0 spiro atoms. The van der Waals surface area contributed by atoms with Crippen molar-refractivity contribution in [2.45, 2.75) is 12.8 Å². The molecule has 1 atom stereocenters. The Morgan fingerprint density at radius 1 is 1.50 bits per heavy atom. The van der Waals surface area contributed by atoms with Crippen LogP contribution in [-0.4, -0.2) is 22.5 Å². The molecular formula is C10H10O4. The van der Waals surface area contributed by atoms with Gasteiger partial charge in [-0.05, 0) is 13.0 Å². The number of carboxylic acid groups (broad SMARTS) is 1. The van der Waals surface area contributed by atoms with Crippen LogP contribution in [0.15, 0.2) is 18.2 Å². The molecule has 4 heteroatoms. The van der Waals surface area contributed by atoms with Crippen molar-refractivity contribution >= 4 is 12.3 Å². The standard InChI is InChI=1S/C10H10O4/c1-6(10(13)14)9-7(5-11)3-2-4-8(9)12/h2-6,12H,1H3,(H,13,14). The third-order valence-electron chi connectivity index (χ3n) is 2.05. The lowest BCUT2D eigenvalue weighted by Crippen LogP contribution is -2.10. The summed E-state index contributed by atoms with van der Waals surface area (Å²) in [6.07, 6.45) is 0.536. The highest BCUT2D eigenvalue weighted by atomic mass is 16.4. The van der Waals surface area contributed by atoms with Crippen LogP contribution in [0.25, 0.3) is 0 Å². The topological polar surface area (TPSA) is 74.6 Å². The second-order valence-corrected chi connectivity index (χ2v) is 2.96. The quantitative estimate of drug-likeness (QED) is 0.713. The van der Waals surface area contributed by atoms with Crippen molar-refractivity contribution in [1.82, 2.24) is 0 Å². The first-order valence-electron chi connectivity index (χ1n) is 4.07. The van der Waals surface area contributed by atoms with Crippen LogP contribution < -0.4 is 0 Å². The van der Waals surface area contributed by atoms with E-state index in [4.69, 9.17) is 5.11 Å². The second-order valence-electron chi connectivity index (χ2n) is 2.96. The first-order chi connectivity index (χ1) is 6.57. The van der Waals surface area contributed by atoms with Crippen LogP contribution >= 0.6 is 0 Å². The Kier molecular flexibility index (Phi) is 2.86. The molecule has 0 aromatic heterocycles. The average Bonchev–Trinajstić information content (AvgIpc) is 2.16. The average molecular weight is 194 g/mol. The zero-order chi connectivity index (χ0) is 10.7. The van der Waals surface area contributed by atoms with Gasteiger partial charge in [0, 0.05) is 11.1 Å². The summed E-state index contributed by atoms with van der Waals surface area (Å²) in [7, 11) is 0. The van der Waals surface area contributed by atoms with Crippen molar-refractivity contribution in [3.05, 3.63) is 29.3 Å². The first kappa shape index (κ1) is 10.2. The van der Waals surface area contributed by atoms with E-state index in [0.29, 0.717) is 6.29 Å². The van der Waals surface area contributed by atoms with Crippen molar-refractivity contribution in [1.29, 1.82) is 0 Å². The van der Waals surface area contributed by atoms with Crippen molar-refractivity contribution in [2.75, 3.05) is 0 Å². The molecule has 4 nitrogen and oxygen atoms in total. The van der Waals surface area contributed by atoms with Crippen molar-refractivity contribution in [3.63, 3.8) is 0 Å². The van der Waals surface area contributed by atoms with Crippen molar-refractivity contribution in [2.24, 2.45) is 0 Å². The van der Waals surface area contributed by atoms with E-state index in [1.165, 1.54) is 25.1 Å². The van der Waals surface area contributed by atoms with Gasteiger partial charge in [-0.3, -0.25) is 9.59 Å². The van der Waals surface area contributed by atoms with Crippen molar-refractivity contribution < 1.29 is 19.8 Å². The fourth-order valence-corrected chi connectivity index (χ4v) is 1.27. The SMILES string of the molecule is CC(C(=O)O)c1c(O)cccc1C=O. The number of aromatic hydroxyl groups is 1. The van der Waals surface area contributed by atoms with Gasteiger partial charge in [-0.15, -0.1) is 0 Å². The number of rotatable bonds is 3. The van der Waals surface area contributed by atoms with E-state index >= 15 is 0 Å². The van der Waals surface area contributed by atoms with Gasteiger partial charge < -0.3 is 10.2 Å². The van der Waals surface area contributed by atoms with Crippen LogP contribution in [0.3, 0.4) is 0 Å². The molecule has 0 amide bonds. The lowest BCUT2D eigenvalue weighted by Gasteiger charge is -2.10. The van der Waals surface area contributed by atoms with Crippen LogP contribution in [0.2, 0.25) is 0 Å². The Balaban J connectivity index is 3.30. The molecule has 0 saturated carbocycles. The molecule has 0 aliphatic carbocycles. The summed E-state index contributed by atoms with van der Waals surface area (Å²) < 4.78 is 0. The molecule has 2 N–H and O–H groups in total. The number of carbonyl (C=O) groups is 2. The zero-order valence-corrected chi connectivity index (χ0v) is 7.60. The minimum absolute atomic E-state index is 0.162. The lowest BCUT2D eigenvalue weighted by molar-refractivity contribution is -0.138. The van der Waals surface area contributed by atoms with E-state index in [0.717, 1.165) is 0 Å². The van der Waals surface area contributed by atoms with Gasteiger partial charge in [0.1, 0.15) is 12.0 Å². The number of carboxylic acids is 1. The van der Waals surface area contributed by atoms with E-state index in [1.807, 2.05) is 0 Å². The van der Waals surface area contributed by atoms with Gasteiger partial charge in [0.15, 0.2) is 0 Å². The van der Waals surface area contributed by atoms with Gasteiger partial charge in [-0.25, -0.2) is 0 Å². The number of aliphatic carboxylic acids is 1. The number of benzene rings is 1. The molecule has 0 heterocycles. The van der Waals surface area contributed by atoms with Crippen LogP contribution in [-0.2, 0) is 4.79 Å². The van der Waals surface area contributed by atoms with E-state index in [-0.39, 0.29) is 16.9 Å². The van der Waals surface area contributed by atoms with Gasteiger partial charge in [0.05, 0.1) is 5.92 Å². The van der Waals surface area contributed by atoms with Crippen LogP contribution in [0.5, 0.6) is 5.75 Å². The van der Waals surface area contributed by atoms with Gasteiger partial charge in [-0.1, -0.05) is 12.1 Å². The number of phenols is 1.